The molecule has 2 aromatic carbocycles. The molecule has 3 nitrogen and oxygen atoms in total. The predicted molar refractivity (Wildman–Crippen MR) is 94.2 cm³/mol. The maximum absolute atomic E-state index is 13.0. The minimum atomic E-state index is -0.201. The van der Waals surface area contributed by atoms with Gasteiger partial charge in [-0.1, -0.05) is 36.4 Å². The van der Waals surface area contributed by atoms with Crippen molar-refractivity contribution in [2.24, 2.45) is 0 Å². The van der Waals surface area contributed by atoms with Crippen LogP contribution >= 0.6 is 0 Å². The molecule has 0 saturated heterocycles. The summed E-state index contributed by atoms with van der Waals surface area (Å²) >= 11 is 0. The number of nitrogens with one attached hydrogen (secondary N) is 1. The van der Waals surface area contributed by atoms with Crippen LogP contribution in [0.25, 0.3) is 0 Å². The van der Waals surface area contributed by atoms with Gasteiger partial charge >= 0.3 is 0 Å². The lowest BCUT2D eigenvalue weighted by Crippen LogP contribution is -2.18. The van der Waals surface area contributed by atoms with E-state index in [0.717, 1.165) is 24.5 Å². The number of aromatic nitrogens is 2. The van der Waals surface area contributed by atoms with Gasteiger partial charge in [-0.3, -0.25) is 0 Å². The highest BCUT2D eigenvalue weighted by Gasteiger charge is 2.06. The quantitative estimate of drug-likeness (QED) is 0.736. The Balaban J connectivity index is 1.62. The number of aryl methyl sites for hydroxylation is 1. The second-order valence-corrected chi connectivity index (χ2v) is 6.08. The first kappa shape index (κ1) is 16.4. The average Bonchev–Trinajstić information content (AvgIpc) is 2.98. The number of imidazole rings is 1. The van der Waals surface area contributed by atoms with Crippen LogP contribution in [0, 0.1) is 12.7 Å². The molecule has 0 aliphatic heterocycles. The van der Waals surface area contributed by atoms with Crippen LogP contribution in [0.4, 0.5) is 4.39 Å². The Kier molecular flexibility index (Phi) is 5.06. The molecule has 0 unspecified atom stereocenters. The molecule has 0 aliphatic carbocycles. The third-order valence-corrected chi connectivity index (χ3v) is 4.25. The Morgan fingerprint density at radius 2 is 1.88 bits per heavy atom. The van der Waals surface area contributed by atoms with Crippen molar-refractivity contribution in [2.45, 2.75) is 33.0 Å². The molecule has 3 aromatic rings. The van der Waals surface area contributed by atoms with E-state index in [1.807, 2.05) is 31.5 Å². The summed E-state index contributed by atoms with van der Waals surface area (Å²) in [5, 5.41) is 3.49. The molecule has 1 aromatic heterocycles. The summed E-state index contributed by atoms with van der Waals surface area (Å²) in [6, 6.07) is 15.4. The van der Waals surface area contributed by atoms with Crippen LogP contribution in [0.3, 0.4) is 0 Å². The first-order valence-corrected chi connectivity index (χ1v) is 8.16. The molecule has 0 saturated carbocycles. The molecule has 124 valence electrons. The van der Waals surface area contributed by atoms with Crippen molar-refractivity contribution in [3.63, 3.8) is 0 Å². The number of halogens is 1. The molecular formula is C20H22FN3. The van der Waals surface area contributed by atoms with E-state index < -0.39 is 0 Å². The second kappa shape index (κ2) is 7.41. The highest BCUT2D eigenvalue weighted by molar-refractivity contribution is 5.25. The predicted octanol–water partition coefficient (Wildman–Crippen LogP) is 4.23. The van der Waals surface area contributed by atoms with Gasteiger partial charge < -0.3 is 9.88 Å². The fourth-order valence-corrected chi connectivity index (χ4v) is 2.75. The van der Waals surface area contributed by atoms with E-state index in [-0.39, 0.29) is 11.9 Å². The zero-order valence-corrected chi connectivity index (χ0v) is 14.0. The maximum atomic E-state index is 13.0. The van der Waals surface area contributed by atoms with Crippen LogP contribution in [-0.2, 0) is 13.1 Å². The fraction of sp³-hybridized carbons (Fsp3) is 0.250. The molecular weight excluding hydrogens is 301 g/mol. The van der Waals surface area contributed by atoms with E-state index in [2.05, 4.69) is 46.1 Å². The van der Waals surface area contributed by atoms with E-state index >= 15 is 0 Å². The summed E-state index contributed by atoms with van der Waals surface area (Å²) in [6.45, 7) is 5.70. The molecule has 0 bridgehead atoms. The smallest absolute Gasteiger partial charge is 0.123 e. The average molecular weight is 323 g/mol. The van der Waals surface area contributed by atoms with Crippen molar-refractivity contribution >= 4 is 0 Å². The SMILES string of the molecule is Cc1nccn1Cc1cccc(CN[C@H](C)c2ccc(F)cc2)c1. The van der Waals surface area contributed by atoms with Crippen molar-refractivity contribution in [3.8, 4) is 0 Å². The molecule has 0 fully saturated rings. The zero-order valence-electron chi connectivity index (χ0n) is 14.0. The van der Waals surface area contributed by atoms with Gasteiger partial charge in [0.1, 0.15) is 11.6 Å². The van der Waals surface area contributed by atoms with E-state index in [0.29, 0.717) is 0 Å². The first-order valence-electron chi connectivity index (χ1n) is 8.16. The van der Waals surface area contributed by atoms with Gasteiger partial charge in [-0.05, 0) is 42.7 Å². The van der Waals surface area contributed by atoms with Gasteiger partial charge in [0, 0.05) is 31.5 Å². The van der Waals surface area contributed by atoms with E-state index in [9.17, 15) is 4.39 Å². The minimum Gasteiger partial charge on any atom is -0.331 e. The van der Waals surface area contributed by atoms with Gasteiger partial charge in [-0.2, -0.15) is 0 Å². The van der Waals surface area contributed by atoms with Gasteiger partial charge in [-0.25, -0.2) is 9.37 Å². The summed E-state index contributed by atoms with van der Waals surface area (Å²) in [7, 11) is 0. The summed E-state index contributed by atoms with van der Waals surface area (Å²) in [5.41, 5.74) is 3.57. The normalized spacial score (nSPS) is 12.3. The highest BCUT2D eigenvalue weighted by atomic mass is 19.1. The highest BCUT2D eigenvalue weighted by Crippen LogP contribution is 2.14. The second-order valence-electron chi connectivity index (χ2n) is 6.08. The van der Waals surface area contributed by atoms with Crippen molar-refractivity contribution in [1.82, 2.24) is 14.9 Å². The van der Waals surface area contributed by atoms with Gasteiger partial charge in [-0.15, -0.1) is 0 Å². The largest absolute Gasteiger partial charge is 0.331 e. The van der Waals surface area contributed by atoms with Crippen molar-refractivity contribution in [1.29, 1.82) is 0 Å². The molecule has 3 rings (SSSR count). The third kappa shape index (κ3) is 4.09. The van der Waals surface area contributed by atoms with E-state index in [4.69, 9.17) is 0 Å². The van der Waals surface area contributed by atoms with Gasteiger partial charge in [0.25, 0.3) is 0 Å². The number of hydrogen-bond acceptors (Lipinski definition) is 2. The van der Waals surface area contributed by atoms with Crippen molar-refractivity contribution in [3.05, 3.63) is 89.3 Å². The van der Waals surface area contributed by atoms with Crippen molar-refractivity contribution < 1.29 is 4.39 Å². The van der Waals surface area contributed by atoms with Crippen molar-refractivity contribution in [2.75, 3.05) is 0 Å². The number of hydrogen-bond donors (Lipinski definition) is 1. The Morgan fingerprint density at radius 3 is 2.58 bits per heavy atom. The Bertz CT molecular complexity index is 793. The summed E-state index contributed by atoms with van der Waals surface area (Å²) < 4.78 is 15.1. The van der Waals surface area contributed by atoms with Gasteiger partial charge in [0.05, 0.1) is 0 Å². The third-order valence-electron chi connectivity index (χ3n) is 4.25. The monoisotopic (exact) mass is 323 g/mol. The molecule has 0 spiro atoms. The fourth-order valence-electron chi connectivity index (χ4n) is 2.75. The summed E-state index contributed by atoms with van der Waals surface area (Å²) in [6.07, 6.45) is 3.82. The Labute approximate surface area is 142 Å². The van der Waals surface area contributed by atoms with Crippen LogP contribution in [0.1, 0.15) is 35.5 Å². The molecule has 4 heteroatoms. The molecule has 1 atom stereocenters. The van der Waals surface area contributed by atoms with E-state index in [1.54, 1.807) is 0 Å². The molecule has 0 aliphatic rings. The number of benzene rings is 2. The lowest BCUT2D eigenvalue weighted by atomic mass is 10.1. The summed E-state index contributed by atoms with van der Waals surface area (Å²) in [4.78, 5) is 4.26. The molecule has 1 N–H and O–H groups in total. The number of nitrogens with zero attached hydrogens (tertiary/aromatic N) is 2. The lowest BCUT2D eigenvalue weighted by molar-refractivity contribution is 0.570. The molecule has 0 radical (unpaired) electrons. The first-order chi connectivity index (χ1) is 11.6. The minimum absolute atomic E-state index is 0.171. The van der Waals surface area contributed by atoms with Crippen LogP contribution in [-0.4, -0.2) is 9.55 Å². The Morgan fingerprint density at radius 1 is 1.12 bits per heavy atom. The topological polar surface area (TPSA) is 29.9 Å². The Hall–Kier alpha value is -2.46. The van der Waals surface area contributed by atoms with Gasteiger partial charge in [0.15, 0.2) is 0 Å². The molecule has 1 heterocycles. The maximum Gasteiger partial charge on any atom is 0.123 e. The number of rotatable bonds is 6. The van der Waals surface area contributed by atoms with Crippen LogP contribution in [0.15, 0.2) is 60.9 Å². The zero-order chi connectivity index (χ0) is 16.9. The lowest BCUT2D eigenvalue weighted by Gasteiger charge is -2.15. The molecule has 24 heavy (non-hydrogen) atoms. The van der Waals surface area contributed by atoms with E-state index in [1.165, 1.54) is 23.3 Å². The van der Waals surface area contributed by atoms with Gasteiger partial charge in [0.2, 0.25) is 0 Å². The van der Waals surface area contributed by atoms with Crippen LogP contribution in [0.2, 0.25) is 0 Å². The molecule has 0 amide bonds. The van der Waals surface area contributed by atoms with Crippen LogP contribution < -0.4 is 5.32 Å². The van der Waals surface area contributed by atoms with Crippen LogP contribution in [0.5, 0.6) is 0 Å². The summed E-state index contributed by atoms with van der Waals surface area (Å²) in [5.74, 6) is 0.817. The standard InChI is InChI=1S/C20H22FN3/c1-15(19-6-8-20(21)9-7-19)23-13-17-4-3-5-18(12-17)14-24-11-10-22-16(24)2/h3-12,15,23H,13-14H2,1-2H3/t15-/m1/s1.